The minimum absolute atomic E-state index is 0.135. The van der Waals surface area contributed by atoms with Gasteiger partial charge in [-0.25, -0.2) is 0 Å². The smallest absolute Gasteiger partial charge is 0.304 e. The second kappa shape index (κ2) is 5.81. The second-order valence-corrected chi connectivity index (χ2v) is 5.07. The van der Waals surface area contributed by atoms with Crippen LogP contribution in [0.1, 0.15) is 42.6 Å². The molecule has 0 aliphatic carbocycles. The van der Waals surface area contributed by atoms with Gasteiger partial charge in [0.1, 0.15) is 0 Å². The molecule has 1 rings (SSSR count). The third-order valence-electron chi connectivity index (χ3n) is 3.54. The predicted molar refractivity (Wildman–Crippen MR) is 72.8 cm³/mol. The van der Waals surface area contributed by atoms with Crippen LogP contribution < -0.4 is 0 Å². The van der Waals surface area contributed by atoms with Crippen LogP contribution in [0, 0.1) is 22.5 Å². The van der Waals surface area contributed by atoms with Crippen molar-refractivity contribution < 1.29 is 19.6 Å². The van der Waals surface area contributed by atoms with E-state index in [1.54, 1.807) is 20.8 Å². The number of nitro benzene ring substituents is 1. The highest BCUT2D eigenvalue weighted by Crippen LogP contribution is 2.32. The molecule has 0 radical (unpaired) electrons. The molecule has 0 heterocycles. The molecule has 1 aromatic carbocycles. The summed E-state index contributed by atoms with van der Waals surface area (Å²) in [5.74, 6) is -1.45. The normalized spacial score (nSPS) is 13.6. The lowest BCUT2D eigenvalue weighted by molar-refractivity contribution is -0.385. The van der Waals surface area contributed by atoms with E-state index in [0.717, 1.165) is 0 Å². The van der Waals surface area contributed by atoms with Crippen LogP contribution in [0.4, 0.5) is 5.69 Å². The van der Waals surface area contributed by atoms with Crippen molar-refractivity contribution >= 4 is 17.4 Å². The number of nitro groups is 1. The lowest BCUT2D eigenvalue weighted by Crippen LogP contribution is -2.30. The predicted octanol–water partition coefficient (Wildman–Crippen LogP) is 2.98. The molecule has 0 saturated carbocycles. The maximum atomic E-state index is 12.4. The van der Waals surface area contributed by atoms with E-state index in [2.05, 4.69) is 0 Å². The Morgan fingerprint density at radius 2 is 2.00 bits per heavy atom. The van der Waals surface area contributed by atoms with Gasteiger partial charge >= 0.3 is 5.97 Å². The number of aliphatic carboxylic acids is 1. The van der Waals surface area contributed by atoms with Gasteiger partial charge < -0.3 is 5.11 Å². The van der Waals surface area contributed by atoms with Crippen LogP contribution >= 0.6 is 0 Å². The molecule has 108 valence electrons. The van der Waals surface area contributed by atoms with Gasteiger partial charge in [-0.3, -0.25) is 19.7 Å². The first-order chi connectivity index (χ1) is 9.21. The fraction of sp³-hybridized carbons (Fsp3) is 0.429. The monoisotopic (exact) mass is 279 g/mol. The summed E-state index contributed by atoms with van der Waals surface area (Å²) in [5, 5.41) is 19.8. The number of hydrogen-bond acceptors (Lipinski definition) is 4. The van der Waals surface area contributed by atoms with Crippen molar-refractivity contribution in [3.63, 3.8) is 0 Å². The van der Waals surface area contributed by atoms with Crippen molar-refractivity contribution in [2.45, 2.75) is 33.6 Å². The molecule has 0 saturated heterocycles. The lowest BCUT2D eigenvalue weighted by atomic mass is 9.77. The van der Waals surface area contributed by atoms with Gasteiger partial charge in [-0.2, -0.15) is 0 Å². The lowest BCUT2D eigenvalue weighted by Gasteiger charge is -2.24. The van der Waals surface area contributed by atoms with Gasteiger partial charge in [0.05, 0.1) is 11.3 Å². The van der Waals surface area contributed by atoms with E-state index in [-0.39, 0.29) is 23.5 Å². The van der Waals surface area contributed by atoms with Gasteiger partial charge in [0.15, 0.2) is 5.78 Å². The number of ketones is 1. The zero-order chi connectivity index (χ0) is 15.5. The third-order valence-corrected chi connectivity index (χ3v) is 3.54. The van der Waals surface area contributed by atoms with Crippen molar-refractivity contribution in [1.82, 2.24) is 0 Å². The Labute approximate surface area is 116 Å². The molecule has 6 heteroatoms. The Morgan fingerprint density at radius 3 is 2.45 bits per heavy atom. The molecule has 6 nitrogen and oxygen atoms in total. The molecule has 0 aliphatic rings. The van der Waals surface area contributed by atoms with Crippen LogP contribution in [0.2, 0.25) is 0 Å². The zero-order valence-corrected chi connectivity index (χ0v) is 11.7. The largest absolute Gasteiger partial charge is 0.481 e. The van der Waals surface area contributed by atoms with E-state index in [4.69, 9.17) is 5.11 Å². The molecular formula is C14H17NO5. The van der Waals surface area contributed by atoms with E-state index in [9.17, 15) is 19.7 Å². The number of carboxylic acids is 1. The Kier molecular flexibility index (Phi) is 4.60. The first-order valence-electron chi connectivity index (χ1n) is 6.23. The van der Waals surface area contributed by atoms with Crippen LogP contribution in [-0.2, 0) is 4.79 Å². The molecule has 0 fully saturated rings. The topological polar surface area (TPSA) is 97.5 Å². The Morgan fingerprint density at radius 1 is 1.40 bits per heavy atom. The molecule has 1 unspecified atom stereocenters. The summed E-state index contributed by atoms with van der Waals surface area (Å²) in [4.78, 5) is 33.7. The number of carbonyl (C=O) groups excluding carboxylic acids is 1. The van der Waals surface area contributed by atoms with Crippen molar-refractivity contribution in [2.75, 3.05) is 0 Å². The van der Waals surface area contributed by atoms with Gasteiger partial charge in [0.25, 0.3) is 5.69 Å². The number of aryl methyl sites for hydroxylation is 1. The molecule has 0 bridgehead atoms. The summed E-state index contributed by atoms with van der Waals surface area (Å²) < 4.78 is 0. The highest BCUT2D eigenvalue weighted by molar-refractivity contribution is 6.02. The molecule has 0 aliphatic heterocycles. The van der Waals surface area contributed by atoms with E-state index in [1.165, 1.54) is 18.2 Å². The maximum Gasteiger partial charge on any atom is 0.304 e. The average molecular weight is 279 g/mol. The fourth-order valence-electron chi connectivity index (χ4n) is 2.00. The third kappa shape index (κ3) is 3.20. The van der Waals surface area contributed by atoms with E-state index < -0.39 is 16.3 Å². The van der Waals surface area contributed by atoms with Crippen LogP contribution in [0.5, 0.6) is 0 Å². The maximum absolute atomic E-state index is 12.4. The Balaban J connectivity index is 3.23. The number of carbonyl (C=O) groups is 2. The van der Waals surface area contributed by atoms with Gasteiger partial charge in [0.2, 0.25) is 0 Å². The van der Waals surface area contributed by atoms with Gasteiger partial charge in [-0.15, -0.1) is 0 Å². The summed E-state index contributed by atoms with van der Waals surface area (Å²) >= 11 is 0. The first kappa shape index (κ1) is 15.8. The highest BCUT2D eigenvalue weighted by atomic mass is 16.6. The summed E-state index contributed by atoms with van der Waals surface area (Å²) in [5.41, 5.74) is -0.560. The fourth-order valence-corrected chi connectivity index (χ4v) is 2.00. The van der Waals surface area contributed by atoms with Crippen molar-refractivity contribution in [3.05, 3.63) is 39.4 Å². The first-order valence-corrected chi connectivity index (χ1v) is 6.23. The van der Waals surface area contributed by atoms with Crippen LogP contribution in [-0.4, -0.2) is 21.8 Å². The Hall–Kier alpha value is -2.24. The molecule has 0 spiro atoms. The van der Waals surface area contributed by atoms with Crippen LogP contribution in [0.15, 0.2) is 18.2 Å². The SMILES string of the molecule is CCC(C)(CC(=O)O)C(=O)c1ccc(C)c([N+](=O)[O-])c1. The van der Waals surface area contributed by atoms with Crippen LogP contribution in [0.25, 0.3) is 0 Å². The summed E-state index contributed by atoms with van der Waals surface area (Å²) in [6.45, 7) is 4.88. The summed E-state index contributed by atoms with van der Waals surface area (Å²) in [7, 11) is 0. The zero-order valence-electron chi connectivity index (χ0n) is 11.7. The molecule has 1 aromatic rings. The molecular weight excluding hydrogens is 262 g/mol. The summed E-state index contributed by atoms with van der Waals surface area (Å²) in [6, 6.07) is 4.22. The Bertz CT molecular complexity index is 567. The quantitative estimate of drug-likeness (QED) is 0.490. The number of nitrogens with zero attached hydrogens (tertiary/aromatic N) is 1. The molecule has 0 aromatic heterocycles. The van der Waals surface area contributed by atoms with Crippen molar-refractivity contribution in [1.29, 1.82) is 0 Å². The van der Waals surface area contributed by atoms with Crippen molar-refractivity contribution in [2.24, 2.45) is 5.41 Å². The van der Waals surface area contributed by atoms with Crippen LogP contribution in [0.3, 0.4) is 0 Å². The number of benzene rings is 1. The van der Waals surface area contributed by atoms with Gasteiger partial charge in [0, 0.05) is 22.6 Å². The number of carboxylic acid groups (broad SMARTS) is 1. The molecule has 1 atom stereocenters. The standard InChI is InChI=1S/C14H17NO5/c1-4-14(3,8-12(16)17)13(18)10-6-5-9(2)11(7-10)15(19)20/h5-7H,4,8H2,1-3H3,(H,16,17). The molecule has 20 heavy (non-hydrogen) atoms. The second-order valence-electron chi connectivity index (χ2n) is 5.07. The van der Waals surface area contributed by atoms with E-state index in [0.29, 0.717) is 12.0 Å². The number of hydrogen-bond donors (Lipinski definition) is 1. The minimum atomic E-state index is -1.07. The average Bonchev–Trinajstić information content (AvgIpc) is 2.37. The summed E-state index contributed by atoms with van der Waals surface area (Å²) in [6.07, 6.45) is 0.0455. The minimum Gasteiger partial charge on any atom is -0.481 e. The number of Topliss-reactive ketones (excluding diaryl/α,β-unsaturated/α-hetero) is 1. The molecule has 1 N–H and O–H groups in total. The molecule has 0 amide bonds. The van der Waals surface area contributed by atoms with E-state index in [1.807, 2.05) is 0 Å². The highest BCUT2D eigenvalue weighted by Gasteiger charge is 2.35. The number of rotatable bonds is 6. The van der Waals surface area contributed by atoms with E-state index >= 15 is 0 Å². The van der Waals surface area contributed by atoms with Gasteiger partial charge in [-0.1, -0.05) is 26.0 Å². The van der Waals surface area contributed by atoms with Crippen molar-refractivity contribution in [3.8, 4) is 0 Å². The van der Waals surface area contributed by atoms with Gasteiger partial charge in [-0.05, 0) is 13.3 Å².